The monoisotopic (exact) mass is 230 g/mol. The summed E-state index contributed by atoms with van der Waals surface area (Å²) in [7, 11) is 0. The van der Waals surface area contributed by atoms with E-state index in [0.29, 0.717) is 6.04 Å². The quantitative estimate of drug-likeness (QED) is 0.833. The van der Waals surface area contributed by atoms with Gasteiger partial charge >= 0.3 is 0 Å². The first kappa shape index (κ1) is 10.7. The maximum absolute atomic E-state index is 4.33. The third-order valence-electron chi connectivity index (χ3n) is 3.59. The number of aromatic nitrogens is 2. The van der Waals surface area contributed by atoms with Crippen LogP contribution in [-0.2, 0) is 6.54 Å². The Labute approximate surface area is 101 Å². The molecular formula is C13H18N4. The first-order chi connectivity index (χ1) is 8.38. The summed E-state index contributed by atoms with van der Waals surface area (Å²) in [5.74, 6) is 0. The van der Waals surface area contributed by atoms with Crippen molar-refractivity contribution in [1.82, 2.24) is 20.2 Å². The summed E-state index contributed by atoms with van der Waals surface area (Å²) >= 11 is 0. The summed E-state index contributed by atoms with van der Waals surface area (Å²) in [6.45, 7) is 6.57. The maximum atomic E-state index is 4.33. The van der Waals surface area contributed by atoms with Gasteiger partial charge in [-0.1, -0.05) is 6.92 Å². The SMILES string of the molecule is CCN(Cc1c[nH]c2ncccc12)C1CNC1. The van der Waals surface area contributed by atoms with E-state index in [9.17, 15) is 0 Å². The van der Waals surface area contributed by atoms with Gasteiger partial charge in [-0.3, -0.25) is 4.90 Å². The van der Waals surface area contributed by atoms with Crippen molar-refractivity contribution in [3.8, 4) is 0 Å². The van der Waals surface area contributed by atoms with Crippen LogP contribution in [0.1, 0.15) is 12.5 Å². The van der Waals surface area contributed by atoms with Crippen LogP contribution in [0.25, 0.3) is 11.0 Å². The van der Waals surface area contributed by atoms with Crippen molar-refractivity contribution < 1.29 is 0 Å². The second kappa shape index (κ2) is 4.47. The molecule has 0 spiro atoms. The smallest absolute Gasteiger partial charge is 0.137 e. The fraction of sp³-hybridized carbons (Fsp3) is 0.462. The third kappa shape index (κ3) is 1.94. The first-order valence-electron chi connectivity index (χ1n) is 6.24. The molecule has 0 amide bonds. The van der Waals surface area contributed by atoms with Crippen molar-refractivity contribution in [1.29, 1.82) is 0 Å². The Balaban J connectivity index is 1.83. The van der Waals surface area contributed by atoms with Crippen LogP contribution < -0.4 is 5.32 Å². The lowest BCUT2D eigenvalue weighted by Crippen LogP contribution is -2.56. The molecule has 1 saturated heterocycles. The number of aromatic amines is 1. The number of nitrogens with zero attached hydrogens (tertiary/aromatic N) is 2. The summed E-state index contributed by atoms with van der Waals surface area (Å²) in [6.07, 6.45) is 3.92. The number of pyridine rings is 1. The molecule has 0 unspecified atom stereocenters. The van der Waals surface area contributed by atoms with Gasteiger partial charge in [0.1, 0.15) is 5.65 Å². The minimum Gasteiger partial charge on any atom is -0.346 e. The van der Waals surface area contributed by atoms with E-state index in [1.807, 2.05) is 12.3 Å². The number of likely N-dealkylation sites (N-methyl/N-ethyl adjacent to an activating group) is 1. The molecule has 0 atom stereocenters. The van der Waals surface area contributed by atoms with Gasteiger partial charge in [-0.2, -0.15) is 0 Å². The van der Waals surface area contributed by atoms with Crippen LogP contribution in [-0.4, -0.2) is 40.5 Å². The Bertz CT molecular complexity index is 501. The molecule has 1 fully saturated rings. The molecule has 2 N–H and O–H groups in total. The van der Waals surface area contributed by atoms with E-state index in [-0.39, 0.29) is 0 Å². The minimum atomic E-state index is 0.696. The van der Waals surface area contributed by atoms with E-state index in [0.717, 1.165) is 31.8 Å². The topological polar surface area (TPSA) is 44.0 Å². The van der Waals surface area contributed by atoms with E-state index in [1.54, 1.807) is 0 Å². The van der Waals surface area contributed by atoms with E-state index >= 15 is 0 Å². The highest BCUT2D eigenvalue weighted by atomic mass is 15.2. The molecular weight excluding hydrogens is 212 g/mol. The highest BCUT2D eigenvalue weighted by Gasteiger charge is 2.23. The molecule has 2 aromatic rings. The van der Waals surface area contributed by atoms with Crippen LogP contribution in [0.5, 0.6) is 0 Å². The van der Waals surface area contributed by atoms with Crippen molar-refractivity contribution >= 4 is 11.0 Å². The number of hydrogen-bond acceptors (Lipinski definition) is 3. The van der Waals surface area contributed by atoms with Gasteiger partial charge in [0.25, 0.3) is 0 Å². The first-order valence-corrected chi connectivity index (χ1v) is 6.24. The zero-order chi connectivity index (χ0) is 11.7. The van der Waals surface area contributed by atoms with E-state index in [4.69, 9.17) is 0 Å². The van der Waals surface area contributed by atoms with Crippen LogP contribution >= 0.6 is 0 Å². The molecule has 17 heavy (non-hydrogen) atoms. The number of H-pyrrole nitrogens is 1. The summed E-state index contributed by atoms with van der Waals surface area (Å²) in [4.78, 5) is 10.1. The minimum absolute atomic E-state index is 0.696. The Kier molecular flexibility index (Phi) is 2.82. The van der Waals surface area contributed by atoms with Gasteiger partial charge in [0.05, 0.1) is 0 Å². The van der Waals surface area contributed by atoms with Crippen molar-refractivity contribution in [3.63, 3.8) is 0 Å². The van der Waals surface area contributed by atoms with E-state index in [1.165, 1.54) is 10.9 Å². The fourth-order valence-corrected chi connectivity index (χ4v) is 2.39. The van der Waals surface area contributed by atoms with Crippen LogP contribution in [0.2, 0.25) is 0 Å². The van der Waals surface area contributed by atoms with Gasteiger partial charge in [0.15, 0.2) is 0 Å². The molecule has 90 valence electrons. The molecule has 0 aromatic carbocycles. The van der Waals surface area contributed by atoms with Crippen LogP contribution in [0.4, 0.5) is 0 Å². The zero-order valence-corrected chi connectivity index (χ0v) is 10.1. The van der Waals surface area contributed by atoms with Crippen molar-refractivity contribution in [2.45, 2.75) is 19.5 Å². The molecule has 4 nitrogen and oxygen atoms in total. The number of fused-ring (bicyclic) bond motifs is 1. The third-order valence-corrected chi connectivity index (χ3v) is 3.59. The Hall–Kier alpha value is -1.39. The van der Waals surface area contributed by atoms with Gasteiger partial charge in [0.2, 0.25) is 0 Å². The van der Waals surface area contributed by atoms with E-state index < -0.39 is 0 Å². The number of rotatable bonds is 4. The van der Waals surface area contributed by atoms with Crippen molar-refractivity contribution in [3.05, 3.63) is 30.1 Å². The van der Waals surface area contributed by atoms with Crippen LogP contribution in [0.3, 0.4) is 0 Å². The Morgan fingerprint density at radius 2 is 2.35 bits per heavy atom. The molecule has 0 saturated carbocycles. The predicted octanol–water partition coefficient (Wildman–Crippen LogP) is 1.36. The molecule has 0 radical (unpaired) electrons. The predicted molar refractivity (Wildman–Crippen MR) is 68.8 cm³/mol. The number of nitrogens with one attached hydrogen (secondary N) is 2. The summed E-state index contributed by atoms with van der Waals surface area (Å²) in [5, 5.41) is 4.58. The fourth-order valence-electron chi connectivity index (χ4n) is 2.39. The lowest BCUT2D eigenvalue weighted by Gasteiger charge is -2.37. The molecule has 0 bridgehead atoms. The molecule has 4 heteroatoms. The summed E-state index contributed by atoms with van der Waals surface area (Å²) in [5.41, 5.74) is 2.34. The van der Waals surface area contributed by atoms with Gasteiger partial charge < -0.3 is 10.3 Å². The largest absolute Gasteiger partial charge is 0.346 e. The van der Waals surface area contributed by atoms with Crippen LogP contribution in [0.15, 0.2) is 24.5 Å². The maximum Gasteiger partial charge on any atom is 0.137 e. The zero-order valence-electron chi connectivity index (χ0n) is 10.1. The standard InChI is InChI=1S/C13H18N4/c1-2-17(11-7-14-8-11)9-10-6-16-13-12(10)4-3-5-15-13/h3-6,11,14H,2,7-9H2,1H3,(H,15,16). The summed E-state index contributed by atoms with van der Waals surface area (Å²) < 4.78 is 0. The second-order valence-electron chi connectivity index (χ2n) is 4.59. The van der Waals surface area contributed by atoms with Crippen molar-refractivity contribution in [2.24, 2.45) is 0 Å². The average Bonchev–Trinajstić information content (AvgIpc) is 2.69. The van der Waals surface area contributed by atoms with Gasteiger partial charge in [-0.15, -0.1) is 0 Å². The molecule has 2 aromatic heterocycles. The molecule has 3 heterocycles. The molecule has 3 rings (SSSR count). The lowest BCUT2D eigenvalue weighted by molar-refractivity contribution is 0.146. The van der Waals surface area contributed by atoms with Crippen LogP contribution in [0, 0.1) is 0 Å². The average molecular weight is 230 g/mol. The molecule has 1 aliphatic rings. The Morgan fingerprint density at radius 3 is 3.06 bits per heavy atom. The van der Waals surface area contributed by atoms with Gasteiger partial charge in [-0.05, 0) is 24.2 Å². The lowest BCUT2D eigenvalue weighted by atomic mass is 10.1. The second-order valence-corrected chi connectivity index (χ2v) is 4.59. The Morgan fingerprint density at radius 1 is 1.47 bits per heavy atom. The van der Waals surface area contributed by atoms with Gasteiger partial charge in [-0.25, -0.2) is 4.98 Å². The molecule has 0 aliphatic carbocycles. The normalized spacial score (nSPS) is 16.6. The molecule has 1 aliphatic heterocycles. The number of hydrogen-bond donors (Lipinski definition) is 2. The summed E-state index contributed by atoms with van der Waals surface area (Å²) in [6, 6.07) is 4.84. The highest BCUT2D eigenvalue weighted by Crippen LogP contribution is 2.19. The van der Waals surface area contributed by atoms with E-state index in [2.05, 4.69) is 39.4 Å². The van der Waals surface area contributed by atoms with Crippen molar-refractivity contribution in [2.75, 3.05) is 19.6 Å². The van der Waals surface area contributed by atoms with Gasteiger partial charge in [0, 0.05) is 43.5 Å². The highest BCUT2D eigenvalue weighted by molar-refractivity contribution is 5.79.